The van der Waals surface area contributed by atoms with Crippen LogP contribution in [-0.4, -0.2) is 21.8 Å². The fraction of sp³-hybridized carbons (Fsp3) is 0.150. The first-order valence-corrected chi connectivity index (χ1v) is 9.63. The summed E-state index contributed by atoms with van der Waals surface area (Å²) in [5, 5.41) is 8.64. The molecule has 9 heteroatoms. The number of fused-ring (bicyclic) bond motifs is 1. The first-order chi connectivity index (χ1) is 14.0. The number of hydrogen-bond donors (Lipinski definition) is 3. The second kappa shape index (κ2) is 8.12. The maximum Gasteiger partial charge on any atom is 0.416 e. The minimum atomic E-state index is -4.32. The van der Waals surface area contributed by atoms with E-state index < -0.39 is 11.7 Å². The summed E-state index contributed by atoms with van der Waals surface area (Å²) in [5.41, 5.74) is 2.02. The van der Waals surface area contributed by atoms with E-state index in [4.69, 9.17) is 4.74 Å². The predicted octanol–water partition coefficient (Wildman–Crippen LogP) is 5.65. The van der Waals surface area contributed by atoms with Gasteiger partial charge in [-0.3, -0.25) is 5.10 Å². The van der Waals surface area contributed by atoms with Crippen LogP contribution in [0, 0.1) is 0 Å². The summed E-state index contributed by atoms with van der Waals surface area (Å²) < 4.78 is 46.9. The van der Waals surface area contributed by atoms with Crippen molar-refractivity contribution in [3.63, 3.8) is 0 Å². The maximum atomic E-state index is 12.6. The number of nitrogens with one attached hydrogen (secondary N) is 3. The van der Waals surface area contributed by atoms with Gasteiger partial charge >= 0.3 is 6.18 Å². The molecule has 2 aromatic heterocycles. The van der Waals surface area contributed by atoms with Crippen molar-refractivity contribution < 1.29 is 17.9 Å². The van der Waals surface area contributed by atoms with Crippen molar-refractivity contribution in [3.8, 4) is 5.75 Å². The molecule has 0 aliphatic carbocycles. The van der Waals surface area contributed by atoms with E-state index in [1.807, 2.05) is 30.5 Å². The van der Waals surface area contributed by atoms with Crippen LogP contribution in [0.4, 0.5) is 18.9 Å². The standard InChI is InChI=1S/C20H17F3N4OS/c21-20(22,23)14-3-1-13(2-4-14)8-10-28-15-5-6-17-16(11-15)18(12-24-17)27-29-19-7-9-25-26-19/h1-7,9,11-12,24,27H,8,10H2,(H,25,26). The van der Waals surface area contributed by atoms with E-state index in [2.05, 4.69) is 19.9 Å². The molecule has 2 heterocycles. The quantitative estimate of drug-likeness (QED) is 0.339. The molecule has 0 saturated heterocycles. The summed E-state index contributed by atoms with van der Waals surface area (Å²) in [4.78, 5) is 3.20. The fourth-order valence-corrected chi connectivity index (χ4v) is 3.45. The largest absolute Gasteiger partial charge is 0.493 e. The topological polar surface area (TPSA) is 65.7 Å². The number of alkyl halides is 3. The molecule has 0 aliphatic heterocycles. The van der Waals surface area contributed by atoms with E-state index in [1.54, 1.807) is 6.20 Å². The molecule has 150 valence electrons. The van der Waals surface area contributed by atoms with Crippen LogP contribution in [0.25, 0.3) is 10.9 Å². The highest BCUT2D eigenvalue weighted by molar-refractivity contribution is 8.00. The Labute approximate surface area is 168 Å². The Morgan fingerprint density at radius 2 is 1.90 bits per heavy atom. The summed E-state index contributed by atoms with van der Waals surface area (Å²) in [6.07, 6.45) is -0.242. The molecule has 0 spiro atoms. The molecule has 0 aliphatic rings. The minimum Gasteiger partial charge on any atom is -0.493 e. The molecular weight excluding hydrogens is 401 g/mol. The van der Waals surface area contributed by atoms with E-state index >= 15 is 0 Å². The number of benzene rings is 2. The van der Waals surface area contributed by atoms with E-state index in [-0.39, 0.29) is 0 Å². The molecule has 0 unspecified atom stereocenters. The van der Waals surface area contributed by atoms with Gasteiger partial charge < -0.3 is 14.4 Å². The number of anilines is 1. The predicted molar refractivity (Wildman–Crippen MR) is 107 cm³/mol. The molecule has 4 rings (SSSR count). The number of rotatable bonds is 7. The maximum absolute atomic E-state index is 12.6. The van der Waals surface area contributed by atoms with Gasteiger partial charge in [0.05, 0.1) is 17.9 Å². The first-order valence-electron chi connectivity index (χ1n) is 8.81. The van der Waals surface area contributed by atoms with E-state index in [9.17, 15) is 13.2 Å². The van der Waals surface area contributed by atoms with Crippen molar-refractivity contribution >= 4 is 28.5 Å². The molecular formula is C20H17F3N4OS. The van der Waals surface area contributed by atoms with Gasteiger partial charge in [-0.1, -0.05) is 12.1 Å². The van der Waals surface area contributed by atoms with Crippen LogP contribution in [0.15, 0.2) is 66.0 Å². The van der Waals surface area contributed by atoms with Gasteiger partial charge in [0.15, 0.2) is 0 Å². The van der Waals surface area contributed by atoms with Gasteiger partial charge in [0, 0.05) is 41.7 Å². The Bertz CT molecular complexity index is 1080. The van der Waals surface area contributed by atoms with Crippen molar-refractivity contribution in [2.75, 3.05) is 11.3 Å². The third-order valence-corrected chi connectivity index (χ3v) is 5.11. The zero-order valence-corrected chi connectivity index (χ0v) is 15.9. The molecule has 0 fully saturated rings. The number of H-pyrrole nitrogens is 2. The molecule has 0 saturated carbocycles. The lowest BCUT2D eigenvalue weighted by molar-refractivity contribution is -0.137. The van der Waals surface area contributed by atoms with Gasteiger partial charge in [0.25, 0.3) is 0 Å². The van der Waals surface area contributed by atoms with Gasteiger partial charge in [-0.25, -0.2) is 0 Å². The second-order valence-corrected chi connectivity index (χ2v) is 7.18. The number of aromatic nitrogens is 3. The lowest BCUT2D eigenvalue weighted by Gasteiger charge is -2.09. The number of halogens is 3. The smallest absolute Gasteiger partial charge is 0.416 e. The summed E-state index contributed by atoms with van der Waals surface area (Å²) in [7, 11) is 0. The first kappa shape index (κ1) is 19.3. The zero-order valence-electron chi connectivity index (χ0n) is 15.1. The number of nitrogens with zero attached hydrogens (tertiary/aromatic N) is 1. The summed E-state index contributed by atoms with van der Waals surface area (Å²) in [5.74, 6) is 0.693. The van der Waals surface area contributed by atoms with Crippen molar-refractivity contribution in [2.24, 2.45) is 0 Å². The molecule has 2 aromatic carbocycles. The van der Waals surface area contributed by atoms with Crippen LogP contribution in [0.1, 0.15) is 11.1 Å². The van der Waals surface area contributed by atoms with Gasteiger partial charge in [0.1, 0.15) is 10.8 Å². The van der Waals surface area contributed by atoms with E-state index in [1.165, 1.54) is 24.1 Å². The highest BCUT2D eigenvalue weighted by Gasteiger charge is 2.29. The van der Waals surface area contributed by atoms with Crippen molar-refractivity contribution in [2.45, 2.75) is 17.6 Å². The summed E-state index contributed by atoms with van der Waals surface area (Å²) in [6.45, 7) is 0.368. The molecule has 29 heavy (non-hydrogen) atoms. The number of ether oxygens (including phenoxy) is 1. The molecule has 5 nitrogen and oxygen atoms in total. The summed E-state index contributed by atoms with van der Waals surface area (Å²) in [6, 6.07) is 12.7. The Morgan fingerprint density at radius 1 is 1.07 bits per heavy atom. The van der Waals surface area contributed by atoms with Gasteiger partial charge in [-0.15, -0.1) is 0 Å². The average molecular weight is 418 g/mol. The Kier molecular flexibility index (Phi) is 5.39. The molecule has 0 atom stereocenters. The number of aromatic amines is 2. The Hall–Kier alpha value is -3.07. The van der Waals surface area contributed by atoms with E-state index in [0.29, 0.717) is 18.8 Å². The lowest BCUT2D eigenvalue weighted by Crippen LogP contribution is -2.05. The van der Waals surface area contributed by atoms with Gasteiger partial charge in [-0.05, 0) is 42.0 Å². The SMILES string of the molecule is FC(F)(F)c1ccc(CCOc2ccc3[nH]cc(NSc4ccn[nH]4)c3c2)cc1. The Balaban J connectivity index is 1.37. The average Bonchev–Trinajstić information content (AvgIpc) is 3.35. The fourth-order valence-electron chi connectivity index (χ4n) is 2.83. The highest BCUT2D eigenvalue weighted by atomic mass is 32.2. The summed E-state index contributed by atoms with van der Waals surface area (Å²) >= 11 is 1.41. The van der Waals surface area contributed by atoms with E-state index in [0.717, 1.165) is 39.3 Å². The van der Waals surface area contributed by atoms with Crippen molar-refractivity contribution in [1.82, 2.24) is 15.2 Å². The van der Waals surface area contributed by atoms with Crippen LogP contribution in [-0.2, 0) is 12.6 Å². The zero-order chi connectivity index (χ0) is 20.3. The molecule has 3 N–H and O–H groups in total. The van der Waals surface area contributed by atoms with Gasteiger partial charge in [0.2, 0.25) is 0 Å². The second-order valence-electron chi connectivity index (χ2n) is 6.33. The normalized spacial score (nSPS) is 11.7. The molecule has 0 bridgehead atoms. The highest BCUT2D eigenvalue weighted by Crippen LogP contribution is 2.31. The van der Waals surface area contributed by atoms with Crippen LogP contribution in [0.2, 0.25) is 0 Å². The molecule has 0 radical (unpaired) electrons. The lowest BCUT2D eigenvalue weighted by atomic mass is 10.1. The number of hydrogen-bond acceptors (Lipinski definition) is 4. The van der Waals surface area contributed by atoms with Crippen LogP contribution < -0.4 is 9.46 Å². The molecule has 0 amide bonds. The van der Waals surface area contributed by atoms with Crippen LogP contribution >= 0.6 is 11.9 Å². The van der Waals surface area contributed by atoms with Crippen LogP contribution in [0.3, 0.4) is 0 Å². The Morgan fingerprint density at radius 3 is 2.62 bits per heavy atom. The minimum absolute atomic E-state index is 0.368. The van der Waals surface area contributed by atoms with Crippen molar-refractivity contribution in [1.29, 1.82) is 0 Å². The monoisotopic (exact) mass is 418 g/mol. The third kappa shape index (κ3) is 4.68. The third-order valence-electron chi connectivity index (χ3n) is 4.34. The van der Waals surface area contributed by atoms with Gasteiger partial charge in [-0.2, -0.15) is 18.3 Å². The van der Waals surface area contributed by atoms with Crippen molar-refractivity contribution in [3.05, 3.63) is 72.1 Å². The molecule has 4 aromatic rings. The van der Waals surface area contributed by atoms with Crippen LogP contribution in [0.5, 0.6) is 5.75 Å².